The molecule has 0 unspecified atom stereocenters. The van der Waals surface area contributed by atoms with Crippen LogP contribution >= 0.6 is 27.3 Å². The second-order valence-corrected chi connectivity index (χ2v) is 6.18. The summed E-state index contributed by atoms with van der Waals surface area (Å²) in [5, 5.41) is 3.27. The van der Waals surface area contributed by atoms with Crippen molar-refractivity contribution in [1.29, 1.82) is 0 Å². The number of ether oxygens (including phenoxy) is 1. The summed E-state index contributed by atoms with van der Waals surface area (Å²) >= 11 is 4.90. The Morgan fingerprint density at radius 2 is 2.05 bits per heavy atom. The number of rotatable bonds is 6. The van der Waals surface area contributed by atoms with Crippen molar-refractivity contribution < 1.29 is 9.13 Å². The molecule has 1 aromatic heterocycles. The minimum atomic E-state index is -0.348. The Kier molecular flexibility index (Phi) is 5.36. The van der Waals surface area contributed by atoms with Gasteiger partial charge in [-0.2, -0.15) is 0 Å². The molecule has 0 saturated heterocycles. The van der Waals surface area contributed by atoms with Crippen LogP contribution in [0.3, 0.4) is 0 Å². The van der Waals surface area contributed by atoms with Gasteiger partial charge in [0.25, 0.3) is 0 Å². The van der Waals surface area contributed by atoms with Crippen molar-refractivity contribution in [2.24, 2.45) is 0 Å². The minimum absolute atomic E-state index is 0.282. The normalized spacial score (nSPS) is 10.7. The monoisotopic (exact) mass is 343 g/mol. The van der Waals surface area contributed by atoms with Crippen molar-refractivity contribution >= 4 is 27.3 Å². The van der Waals surface area contributed by atoms with E-state index in [1.165, 1.54) is 10.9 Å². The van der Waals surface area contributed by atoms with Gasteiger partial charge < -0.3 is 10.1 Å². The Morgan fingerprint density at radius 1 is 1.26 bits per heavy atom. The number of benzene rings is 1. The summed E-state index contributed by atoms with van der Waals surface area (Å²) in [4.78, 5) is 2.35. The van der Waals surface area contributed by atoms with Gasteiger partial charge in [0, 0.05) is 20.8 Å². The molecule has 0 spiro atoms. The van der Waals surface area contributed by atoms with Crippen LogP contribution in [0.25, 0.3) is 0 Å². The Balaban J connectivity index is 1.92. The first kappa shape index (κ1) is 14.5. The Morgan fingerprint density at radius 3 is 2.79 bits per heavy atom. The van der Waals surface area contributed by atoms with Crippen LogP contribution in [0.4, 0.5) is 4.39 Å². The molecule has 0 aliphatic rings. The topological polar surface area (TPSA) is 21.3 Å². The first-order chi connectivity index (χ1) is 9.19. The van der Waals surface area contributed by atoms with Crippen LogP contribution in [0.2, 0.25) is 0 Å². The molecule has 0 radical (unpaired) electrons. The van der Waals surface area contributed by atoms with Crippen LogP contribution in [0, 0.1) is 5.82 Å². The van der Waals surface area contributed by atoms with Crippen molar-refractivity contribution in [2.75, 3.05) is 6.54 Å². The Hall–Kier alpha value is -0.910. The summed E-state index contributed by atoms with van der Waals surface area (Å²) in [5.74, 6) is -0.0661. The highest BCUT2D eigenvalue weighted by molar-refractivity contribution is 9.10. The van der Waals surface area contributed by atoms with Gasteiger partial charge in [0.2, 0.25) is 0 Å². The molecule has 2 rings (SSSR count). The van der Waals surface area contributed by atoms with E-state index in [9.17, 15) is 4.39 Å². The van der Waals surface area contributed by atoms with Gasteiger partial charge in [-0.1, -0.05) is 22.9 Å². The van der Waals surface area contributed by atoms with E-state index in [4.69, 9.17) is 4.74 Å². The third kappa shape index (κ3) is 4.30. The van der Waals surface area contributed by atoms with Gasteiger partial charge in [0.15, 0.2) is 11.6 Å². The molecular weight excluding hydrogens is 329 g/mol. The lowest BCUT2D eigenvalue weighted by Crippen LogP contribution is -2.10. The van der Waals surface area contributed by atoms with Gasteiger partial charge in [-0.25, -0.2) is 4.39 Å². The van der Waals surface area contributed by atoms with E-state index >= 15 is 0 Å². The van der Waals surface area contributed by atoms with Crippen LogP contribution in [-0.2, 0) is 13.2 Å². The standard InChI is InChI=1S/C14H15BrFNOS/c1-2-17-8-11-4-5-12(19-11)9-18-14-6-3-10(15)7-13(14)16/h3-7,17H,2,8-9H2,1H3. The van der Waals surface area contributed by atoms with Crippen LogP contribution in [0.1, 0.15) is 16.7 Å². The van der Waals surface area contributed by atoms with Crippen LogP contribution in [-0.4, -0.2) is 6.54 Å². The van der Waals surface area contributed by atoms with Crippen LogP contribution in [0.15, 0.2) is 34.8 Å². The van der Waals surface area contributed by atoms with Crippen molar-refractivity contribution in [3.05, 3.63) is 50.4 Å². The number of thiophene rings is 1. The summed E-state index contributed by atoms with van der Waals surface area (Å²) in [7, 11) is 0. The van der Waals surface area contributed by atoms with E-state index in [1.807, 2.05) is 6.07 Å². The van der Waals surface area contributed by atoms with Crippen molar-refractivity contribution in [3.63, 3.8) is 0 Å². The largest absolute Gasteiger partial charge is 0.485 e. The van der Waals surface area contributed by atoms with Crippen molar-refractivity contribution in [3.8, 4) is 5.75 Å². The zero-order chi connectivity index (χ0) is 13.7. The summed E-state index contributed by atoms with van der Waals surface area (Å²) in [6, 6.07) is 8.90. The molecule has 19 heavy (non-hydrogen) atoms. The molecule has 0 bridgehead atoms. The van der Waals surface area contributed by atoms with Gasteiger partial charge in [-0.3, -0.25) is 0 Å². The molecule has 0 amide bonds. The highest BCUT2D eigenvalue weighted by Crippen LogP contribution is 2.24. The number of halogens is 2. The van der Waals surface area contributed by atoms with Crippen molar-refractivity contribution in [1.82, 2.24) is 5.32 Å². The molecule has 102 valence electrons. The first-order valence-electron chi connectivity index (χ1n) is 6.05. The fourth-order valence-corrected chi connectivity index (χ4v) is 2.82. The highest BCUT2D eigenvalue weighted by Gasteiger charge is 2.05. The van der Waals surface area contributed by atoms with E-state index in [1.54, 1.807) is 23.5 Å². The molecule has 2 nitrogen and oxygen atoms in total. The minimum Gasteiger partial charge on any atom is -0.485 e. The summed E-state index contributed by atoms with van der Waals surface area (Å²) < 4.78 is 19.8. The second-order valence-electron chi connectivity index (χ2n) is 4.01. The molecular formula is C14H15BrFNOS. The van der Waals surface area contributed by atoms with Gasteiger partial charge in [-0.05, 0) is 36.9 Å². The molecule has 0 aliphatic carbocycles. The average molecular weight is 344 g/mol. The van der Waals surface area contributed by atoms with Gasteiger partial charge >= 0.3 is 0 Å². The van der Waals surface area contributed by atoms with Crippen LogP contribution < -0.4 is 10.1 Å². The molecule has 1 N–H and O–H groups in total. The summed E-state index contributed by atoms with van der Waals surface area (Å²) in [5.41, 5.74) is 0. The first-order valence-corrected chi connectivity index (χ1v) is 7.66. The van der Waals surface area contributed by atoms with E-state index < -0.39 is 0 Å². The average Bonchev–Trinajstić information content (AvgIpc) is 2.83. The summed E-state index contributed by atoms with van der Waals surface area (Å²) in [6.45, 7) is 4.30. The maximum atomic E-state index is 13.6. The predicted octanol–water partition coefficient (Wildman–Crippen LogP) is 4.34. The predicted molar refractivity (Wildman–Crippen MR) is 80.1 cm³/mol. The maximum Gasteiger partial charge on any atom is 0.166 e. The zero-order valence-electron chi connectivity index (χ0n) is 10.6. The Labute approximate surface area is 124 Å². The SMILES string of the molecule is CCNCc1ccc(COc2ccc(Br)cc2F)s1. The highest BCUT2D eigenvalue weighted by atomic mass is 79.9. The zero-order valence-corrected chi connectivity index (χ0v) is 13.0. The quantitative estimate of drug-likeness (QED) is 0.842. The fourth-order valence-electron chi connectivity index (χ4n) is 1.58. The molecule has 0 fully saturated rings. The Bertz CT molecular complexity index is 544. The molecule has 2 aromatic rings. The van der Waals surface area contributed by atoms with Crippen LogP contribution in [0.5, 0.6) is 5.75 Å². The lowest BCUT2D eigenvalue weighted by molar-refractivity contribution is 0.293. The van der Waals surface area contributed by atoms with Gasteiger partial charge in [-0.15, -0.1) is 11.3 Å². The molecule has 0 aliphatic heterocycles. The molecule has 0 saturated carbocycles. The lowest BCUT2D eigenvalue weighted by atomic mass is 10.3. The number of hydrogen-bond donors (Lipinski definition) is 1. The smallest absolute Gasteiger partial charge is 0.166 e. The third-order valence-corrected chi connectivity index (χ3v) is 4.08. The lowest BCUT2D eigenvalue weighted by Gasteiger charge is -2.05. The molecule has 1 heterocycles. The number of nitrogens with one attached hydrogen (secondary N) is 1. The third-order valence-electron chi connectivity index (χ3n) is 2.53. The van der Waals surface area contributed by atoms with Gasteiger partial charge in [0.1, 0.15) is 6.61 Å². The van der Waals surface area contributed by atoms with E-state index in [-0.39, 0.29) is 11.6 Å². The van der Waals surface area contributed by atoms with E-state index in [2.05, 4.69) is 34.2 Å². The summed E-state index contributed by atoms with van der Waals surface area (Å²) in [6.07, 6.45) is 0. The number of hydrogen-bond acceptors (Lipinski definition) is 3. The second kappa shape index (κ2) is 7.03. The maximum absolute atomic E-state index is 13.6. The van der Waals surface area contributed by atoms with Gasteiger partial charge in [0.05, 0.1) is 0 Å². The molecule has 1 aromatic carbocycles. The van der Waals surface area contributed by atoms with Crippen molar-refractivity contribution in [2.45, 2.75) is 20.1 Å². The van der Waals surface area contributed by atoms with E-state index in [0.29, 0.717) is 11.1 Å². The van der Waals surface area contributed by atoms with E-state index in [0.717, 1.165) is 18.0 Å². The molecule has 5 heteroatoms. The molecule has 0 atom stereocenters. The fraction of sp³-hybridized carbons (Fsp3) is 0.286.